The first kappa shape index (κ1) is 15.0. The van der Waals surface area contributed by atoms with Crippen LogP contribution in [0.15, 0.2) is 65.1 Å². The van der Waals surface area contributed by atoms with Gasteiger partial charge in [0.1, 0.15) is 5.58 Å². The van der Waals surface area contributed by atoms with Gasteiger partial charge >= 0.3 is 0 Å². The van der Waals surface area contributed by atoms with Crippen LogP contribution in [0.4, 0.5) is 11.4 Å². The number of para-hydroxylation sites is 2. The molecule has 0 bridgehead atoms. The lowest BCUT2D eigenvalue weighted by Crippen LogP contribution is -2.09. The highest BCUT2D eigenvalue weighted by Crippen LogP contribution is 2.39. The number of hydrogen-bond donors (Lipinski definition) is 0. The molecule has 0 saturated carbocycles. The summed E-state index contributed by atoms with van der Waals surface area (Å²) in [6, 6.07) is 21.7. The van der Waals surface area contributed by atoms with Crippen molar-refractivity contribution in [2.24, 2.45) is 0 Å². The van der Waals surface area contributed by atoms with Crippen molar-refractivity contribution >= 4 is 33.3 Å². The molecule has 1 heterocycles. The Bertz CT molecular complexity index is 1180. The molecule has 4 rings (SSSR count). The Labute approximate surface area is 154 Å². The fourth-order valence-electron chi connectivity index (χ4n) is 3.36. The van der Waals surface area contributed by atoms with Gasteiger partial charge in [0.05, 0.1) is 17.3 Å². The van der Waals surface area contributed by atoms with E-state index in [0.717, 1.165) is 38.9 Å². The zero-order valence-corrected chi connectivity index (χ0v) is 15.1. The van der Waals surface area contributed by atoms with Crippen molar-refractivity contribution in [3.8, 4) is 6.07 Å². The van der Waals surface area contributed by atoms with Crippen molar-refractivity contribution in [1.82, 2.24) is 0 Å². The number of rotatable bonds is 3. The van der Waals surface area contributed by atoms with E-state index in [4.69, 9.17) is 11.0 Å². The highest BCUT2D eigenvalue weighted by molar-refractivity contribution is 6.10. The molecule has 26 heavy (non-hydrogen) atoms. The van der Waals surface area contributed by atoms with E-state index in [0.29, 0.717) is 5.56 Å². The van der Waals surface area contributed by atoms with Gasteiger partial charge in [0, 0.05) is 24.9 Å². The topological polar surface area (TPSA) is 40.2 Å². The molecule has 3 heteroatoms. The summed E-state index contributed by atoms with van der Waals surface area (Å²) < 4.78 is 14.8. The predicted octanol–water partition coefficient (Wildman–Crippen LogP) is 6.35. The molecule has 0 aliphatic heterocycles. The van der Waals surface area contributed by atoms with E-state index < -0.39 is 5.89 Å². The third-order valence-corrected chi connectivity index (χ3v) is 4.79. The minimum Gasteiger partial charge on any atom is -0.454 e. The molecule has 0 unspecified atom stereocenters. The molecule has 128 valence electrons. The molecule has 0 amide bonds. The molecule has 0 radical (unpaired) electrons. The summed E-state index contributed by atoms with van der Waals surface area (Å²) in [6.45, 7) is 3.75. The molecular weight excluding hydrogens is 320 g/mol. The zero-order chi connectivity index (χ0) is 19.2. The number of anilines is 2. The first-order valence-corrected chi connectivity index (χ1v) is 8.59. The van der Waals surface area contributed by atoms with Crippen molar-refractivity contribution < 1.29 is 5.79 Å². The summed E-state index contributed by atoms with van der Waals surface area (Å²) in [4.78, 5) is 2.05. The van der Waals surface area contributed by atoms with Crippen molar-refractivity contribution in [2.75, 3.05) is 11.9 Å². The molecule has 4 aromatic rings. The van der Waals surface area contributed by atoms with Crippen molar-refractivity contribution in [3.63, 3.8) is 0 Å². The normalized spacial score (nSPS) is 12.2. The van der Waals surface area contributed by atoms with Gasteiger partial charge < -0.3 is 9.32 Å². The van der Waals surface area contributed by atoms with E-state index in [1.54, 1.807) is 0 Å². The molecule has 0 saturated heterocycles. The summed E-state index contributed by atoms with van der Waals surface area (Å²) in [7, 11) is 1.98. The molecule has 3 nitrogen and oxygen atoms in total. The molecule has 3 aromatic carbocycles. The van der Waals surface area contributed by atoms with Gasteiger partial charge in [0.15, 0.2) is 5.58 Å². The molecule has 0 aliphatic rings. The van der Waals surface area contributed by atoms with E-state index in [1.807, 2.05) is 75.5 Å². The van der Waals surface area contributed by atoms with Crippen molar-refractivity contribution in [3.05, 3.63) is 71.8 Å². The molecule has 1 aromatic heterocycles. The first-order valence-electron chi connectivity index (χ1n) is 9.09. The highest BCUT2D eigenvalue weighted by atomic mass is 16.3. The number of fused-ring (bicyclic) bond motifs is 3. The number of furan rings is 1. The summed E-state index contributed by atoms with van der Waals surface area (Å²) in [5.41, 5.74) is 5.01. The van der Waals surface area contributed by atoms with Crippen LogP contribution in [0.25, 0.3) is 21.9 Å². The van der Waals surface area contributed by atoms with Gasteiger partial charge in [0.2, 0.25) is 0 Å². The number of hydrogen-bond acceptors (Lipinski definition) is 3. The highest BCUT2D eigenvalue weighted by Gasteiger charge is 2.17. The molecule has 0 atom stereocenters. The lowest BCUT2D eigenvalue weighted by Gasteiger charge is -2.19. The largest absolute Gasteiger partial charge is 0.454 e. The fraction of sp³-hybridized carbons (Fsp3) is 0.174. The molecule has 0 fully saturated rings. The van der Waals surface area contributed by atoms with Gasteiger partial charge in [-0.05, 0) is 41.8 Å². The number of nitriles is 1. The Hall–Kier alpha value is -3.25. The van der Waals surface area contributed by atoms with E-state index >= 15 is 0 Å². The Morgan fingerprint density at radius 3 is 2.27 bits per heavy atom. The predicted molar refractivity (Wildman–Crippen MR) is 107 cm³/mol. The van der Waals surface area contributed by atoms with Crippen LogP contribution in [0.2, 0.25) is 0 Å². The van der Waals surface area contributed by atoms with Crippen molar-refractivity contribution in [2.45, 2.75) is 19.7 Å². The lowest BCUT2D eigenvalue weighted by atomic mass is 10.0. The summed E-state index contributed by atoms with van der Waals surface area (Å²) in [5, 5.41) is 11.1. The van der Waals surface area contributed by atoms with E-state index in [9.17, 15) is 0 Å². The van der Waals surface area contributed by atoms with Crippen LogP contribution in [0.5, 0.6) is 0 Å². The lowest BCUT2D eigenvalue weighted by molar-refractivity contribution is 0.657. The standard InChI is InChI=1S/C23H20N2O/c1-15(2)18-6-4-7-19-20-8-5-9-21(23(20)26-22(18)19)25(3)17-12-10-16(14-24)11-13-17/h4-13,15H,1-3H3/i15D. The fourth-order valence-corrected chi connectivity index (χ4v) is 3.36. The second-order valence-corrected chi connectivity index (χ2v) is 6.66. The average Bonchev–Trinajstić information content (AvgIpc) is 3.05. The summed E-state index contributed by atoms with van der Waals surface area (Å²) in [6.07, 6.45) is 0. The van der Waals surface area contributed by atoms with E-state index in [1.165, 1.54) is 0 Å². The molecular formula is C23H20N2O. The maximum absolute atomic E-state index is 9.00. The smallest absolute Gasteiger partial charge is 0.159 e. The Morgan fingerprint density at radius 2 is 1.62 bits per heavy atom. The van der Waals surface area contributed by atoms with Crippen LogP contribution in [0.1, 0.15) is 32.2 Å². The van der Waals surface area contributed by atoms with Crippen LogP contribution >= 0.6 is 0 Å². The number of nitrogens with zero attached hydrogens (tertiary/aromatic N) is 2. The van der Waals surface area contributed by atoms with Crippen molar-refractivity contribution in [1.29, 1.82) is 5.26 Å². The first-order chi connectivity index (χ1) is 12.9. The molecule has 0 spiro atoms. The second kappa shape index (κ2) is 6.24. The third-order valence-electron chi connectivity index (χ3n) is 4.79. The number of benzene rings is 3. The van der Waals surface area contributed by atoms with Crippen LogP contribution in [-0.4, -0.2) is 7.05 Å². The quantitative estimate of drug-likeness (QED) is 0.436. The van der Waals surface area contributed by atoms with Crippen LogP contribution in [0.3, 0.4) is 0 Å². The van der Waals surface area contributed by atoms with Gasteiger partial charge in [-0.15, -0.1) is 0 Å². The van der Waals surface area contributed by atoms with Crippen LogP contribution in [-0.2, 0) is 0 Å². The van der Waals surface area contributed by atoms with Crippen LogP contribution < -0.4 is 4.90 Å². The van der Waals surface area contributed by atoms with Gasteiger partial charge in [-0.25, -0.2) is 0 Å². The second-order valence-electron chi connectivity index (χ2n) is 6.66. The molecule has 0 aliphatic carbocycles. The van der Waals surface area contributed by atoms with Gasteiger partial charge in [-0.3, -0.25) is 0 Å². The maximum atomic E-state index is 9.00. The molecule has 0 N–H and O–H groups in total. The SMILES string of the molecule is [2H]C(C)(C)c1cccc2c1oc1c(N(C)c3ccc(C#N)cc3)cccc12. The van der Waals surface area contributed by atoms with Gasteiger partial charge in [-0.1, -0.05) is 44.2 Å². The van der Waals surface area contributed by atoms with Gasteiger partial charge in [-0.2, -0.15) is 5.26 Å². The van der Waals surface area contributed by atoms with E-state index in [-0.39, 0.29) is 0 Å². The Morgan fingerprint density at radius 1 is 0.962 bits per heavy atom. The monoisotopic (exact) mass is 341 g/mol. The van der Waals surface area contributed by atoms with Crippen LogP contribution in [0, 0.1) is 11.3 Å². The Balaban J connectivity index is 1.93. The third kappa shape index (κ3) is 2.51. The van der Waals surface area contributed by atoms with Gasteiger partial charge in [0.25, 0.3) is 0 Å². The summed E-state index contributed by atoms with van der Waals surface area (Å²) in [5.74, 6) is -0.743. The minimum absolute atomic E-state index is 0.636. The maximum Gasteiger partial charge on any atom is 0.159 e. The van der Waals surface area contributed by atoms with E-state index in [2.05, 4.69) is 17.0 Å². The minimum atomic E-state index is -0.743. The average molecular weight is 341 g/mol. The Kier molecular flexibility index (Phi) is 3.61. The zero-order valence-electron chi connectivity index (χ0n) is 16.1. The summed E-state index contributed by atoms with van der Waals surface area (Å²) >= 11 is 0.